The predicted octanol–water partition coefficient (Wildman–Crippen LogP) is 7.04. The third-order valence-corrected chi connectivity index (χ3v) is 4.55. The van der Waals surface area contributed by atoms with Gasteiger partial charge in [0.25, 0.3) is 0 Å². The minimum atomic E-state index is 1.04. The van der Waals surface area contributed by atoms with Crippen LogP contribution >= 0.6 is 0 Å². The average molecular weight is 264 g/mol. The lowest BCUT2D eigenvalue weighted by Gasteiger charge is -2.15. The van der Waals surface area contributed by atoms with E-state index in [1.165, 1.54) is 96.3 Å². The molecule has 0 saturated heterocycles. The van der Waals surface area contributed by atoms with Crippen LogP contribution < -0.4 is 0 Å². The summed E-state index contributed by atoms with van der Waals surface area (Å²) in [4.78, 5) is 0. The smallest absolute Gasteiger partial charge is 0.0351 e. The summed E-state index contributed by atoms with van der Waals surface area (Å²) in [5.74, 6) is 1.04. The third kappa shape index (κ3) is 11.3. The fourth-order valence-electron chi connectivity index (χ4n) is 3.13. The van der Waals surface area contributed by atoms with Crippen LogP contribution in [0.4, 0.5) is 0 Å². The molecule has 0 heteroatoms. The van der Waals surface area contributed by atoms with E-state index in [0.717, 1.165) is 5.92 Å². The van der Waals surface area contributed by atoms with Gasteiger partial charge in [-0.05, 0) is 31.6 Å². The molecule has 112 valence electrons. The summed E-state index contributed by atoms with van der Waals surface area (Å²) in [5.41, 5.74) is 0. The first-order valence-electron chi connectivity index (χ1n) is 9.04. The highest BCUT2D eigenvalue weighted by molar-refractivity contribution is 4.85. The topological polar surface area (TPSA) is 0 Å². The lowest BCUT2D eigenvalue weighted by molar-refractivity contribution is 0.385. The van der Waals surface area contributed by atoms with E-state index in [2.05, 4.69) is 19.1 Å². The van der Waals surface area contributed by atoms with E-state index in [-0.39, 0.29) is 0 Å². The van der Waals surface area contributed by atoms with Crippen molar-refractivity contribution < 1.29 is 0 Å². The van der Waals surface area contributed by atoms with Gasteiger partial charge in [-0.25, -0.2) is 0 Å². The molecular weight excluding hydrogens is 228 g/mol. The zero-order valence-corrected chi connectivity index (χ0v) is 13.3. The molecule has 0 aliphatic heterocycles. The maximum Gasteiger partial charge on any atom is -0.0351 e. The Balaban J connectivity index is 0.000000143. The van der Waals surface area contributed by atoms with Crippen molar-refractivity contribution in [3.05, 3.63) is 12.2 Å². The van der Waals surface area contributed by atoms with Gasteiger partial charge in [-0.15, -0.1) is 0 Å². The Labute approximate surface area is 122 Å². The molecule has 0 aromatic heterocycles. The molecule has 0 unspecified atom stereocenters. The predicted molar refractivity (Wildman–Crippen MR) is 87.6 cm³/mol. The summed E-state index contributed by atoms with van der Waals surface area (Å²) < 4.78 is 0. The Morgan fingerprint density at radius 2 is 0.895 bits per heavy atom. The van der Waals surface area contributed by atoms with E-state index in [9.17, 15) is 0 Å². The fraction of sp³-hybridized carbons (Fsp3) is 0.895. The van der Waals surface area contributed by atoms with Crippen molar-refractivity contribution in [2.24, 2.45) is 5.92 Å². The number of hydrogen-bond acceptors (Lipinski definition) is 0. The van der Waals surface area contributed by atoms with Crippen LogP contribution in [0.5, 0.6) is 0 Å². The Hall–Kier alpha value is -0.260. The van der Waals surface area contributed by atoms with Crippen molar-refractivity contribution in [3.63, 3.8) is 0 Å². The zero-order chi connectivity index (χ0) is 13.6. The maximum atomic E-state index is 2.36. The van der Waals surface area contributed by atoms with Gasteiger partial charge in [-0.1, -0.05) is 89.7 Å². The Morgan fingerprint density at radius 1 is 0.526 bits per heavy atom. The van der Waals surface area contributed by atoms with Crippen molar-refractivity contribution in [2.75, 3.05) is 0 Å². The van der Waals surface area contributed by atoms with Crippen LogP contribution in [-0.4, -0.2) is 0 Å². The van der Waals surface area contributed by atoms with Crippen molar-refractivity contribution >= 4 is 0 Å². The summed E-state index contributed by atoms with van der Waals surface area (Å²) in [7, 11) is 0. The van der Waals surface area contributed by atoms with Gasteiger partial charge in [0.15, 0.2) is 0 Å². The molecular formula is C19H36. The van der Waals surface area contributed by atoms with Crippen molar-refractivity contribution in [1.29, 1.82) is 0 Å². The normalized spacial score (nSPS) is 23.6. The molecule has 0 aromatic carbocycles. The minimum absolute atomic E-state index is 1.04. The molecule has 0 aromatic rings. The van der Waals surface area contributed by atoms with Gasteiger partial charge in [-0.2, -0.15) is 0 Å². The quantitative estimate of drug-likeness (QED) is 0.411. The van der Waals surface area contributed by atoms with Crippen LogP contribution in [0.25, 0.3) is 0 Å². The molecule has 0 radical (unpaired) electrons. The zero-order valence-electron chi connectivity index (χ0n) is 13.3. The van der Waals surface area contributed by atoms with Gasteiger partial charge < -0.3 is 0 Å². The van der Waals surface area contributed by atoms with E-state index in [0.29, 0.717) is 0 Å². The average Bonchev–Trinajstić information content (AvgIpc) is 2.53. The SMILES string of the molecule is C1=CCCCC1.C1CCCCC1.CC1CCCCC1. The van der Waals surface area contributed by atoms with Crippen LogP contribution in [0.2, 0.25) is 0 Å². The molecule has 0 N–H and O–H groups in total. The van der Waals surface area contributed by atoms with Gasteiger partial charge in [0, 0.05) is 0 Å². The number of allylic oxidation sites excluding steroid dienone is 2. The molecule has 2 saturated carbocycles. The van der Waals surface area contributed by atoms with Gasteiger partial charge in [-0.3, -0.25) is 0 Å². The lowest BCUT2D eigenvalue weighted by Crippen LogP contribution is -1.99. The summed E-state index contributed by atoms with van der Waals surface area (Å²) in [6.45, 7) is 2.36. The first-order chi connectivity index (χ1) is 9.39. The van der Waals surface area contributed by atoms with E-state index < -0.39 is 0 Å². The molecule has 0 bridgehead atoms. The Morgan fingerprint density at radius 3 is 1.11 bits per heavy atom. The molecule has 0 amide bonds. The Bertz CT molecular complexity index is 175. The maximum absolute atomic E-state index is 2.36. The summed E-state index contributed by atoms with van der Waals surface area (Å²) in [6.07, 6.45) is 26.4. The van der Waals surface area contributed by atoms with E-state index >= 15 is 0 Å². The Kier molecular flexibility index (Phi) is 11.3. The fourth-order valence-corrected chi connectivity index (χ4v) is 3.13. The molecule has 0 atom stereocenters. The second-order valence-electron chi connectivity index (χ2n) is 6.62. The molecule has 2 fully saturated rings. The van der Waals surface area contributed by atoms with Gasteiger partial charge in [0.1, 0.15) is 0 Å². The molecule has 0 spiro atoms. The molecule has 0 nitrogen and oxygen atoms in total. The highest BCUT2D eigenvalue weighted by atomic mass is 14.1. The molecule has 0 heterocycles. The lowest BCUT2D eigenvalue weighted by atomic mass is 9.91. The first-order valence-corrected chi connectivity index (χ1v) is 9.04. The molecule has 3 aliphatic rings. The molecule has 3 rings (SSSR count). The number of hydrogen-bond donors (Lipinski definition) is 0. The van der Waals surface area contributed by atoms with Gasteiger partial charge in [0.05, 0.1) is 0 Å². The van der Waals surface area contributed by atoms with Crippen LogP contribution in [0, 0.1) is 5.92 Å². The van der Waals surface area contributed by atoms with Crippen LogP contribution in [0.1, 0.15) is 103 Å². The van der Waals surface area contributed by atoms with E-state index in [4.69, 9.17) is 0 Å². The van der Waals surface area contributed by atoms with Crippen molar-refractivity contribution in [2.45, 2.75) is 103 Å². The first kappa shape index (κ1) is 16.8. The third-order valence-electron chi connectivity index (χ3n) is 4.55. The van der Waals surface area contributed by atoms with Crippen LogP contribution in [-0.2, 0) is 0 Å². The summed E-state index contributed by atoms with van der Waals surface area (Å²) in [5, 5.41) is 0. The van der Waals surface area contributed by atoms with E-state index in [1.54, 1.807) is 0 Å². The second-order valence-corrected chi connectivity index (χ2v) is 6.62. The highest BCUT2D eigenvalue weighted by Crippen LogP contribution is 2.22. The second kappa shape index (κ2) is 12.8. The summed E-state index contributed by atoms with van der Waals surface area (Å²) in [6, 6.07) is 0. The monoisotopic (exact) mass is 264 g/mol. The minimum Gasteiger partial charge on any atom is -0.0885 e. The van der Waals surface area contributed by atoms with Crippen molar-refractivity contribution in [1.82, 2.24) is 0 Å². The number of rotatable bonds is 0. The molecule has 19 heavy (non-hydrogen) atoms. The van der Waals surface area contributed by atoms with Crippen molar-refractivity contribution in [3.8, 4) is 0 Å². The summed E-state index contributed by atoms with van der Waals surface area (Å²) >= 11 is 0. The molecule has 3 aliphatic carbocycles. The van der Waals surface area contributed by atoms with E-state index in [1.807, 2.05) is 0 Å². The largest absolute Gasteiger partial charge is 0.0885 e. The van der Waals surface area contributed by atoms with Gasteiger partial charge in [0.2, 0.25) is 0 Å². The van der Waals surface area contributed by atoms with Crippen LogP contribution in [0.15, 0.2) is 12.2 Å². The standard InChI is InChI=1S/C7H14.C6H12.C6H10/c1-7-5-3-2-4-6-7;2*1-2-4-6-5-3-1/h7H,2-6H2,1H3;1-6H2;1-2H,3-6H2. The van der Waals surface area contributed by atoms with Crippen LogP contribution in [0.3, 0.4) is 0 Å². The van der Waals surface area contributed by atoms with Gasteiger partial charge >= 0.3 is 0 Å². The highest BCUT2D eigenvalue weighted by Gasteiger charge is 2.05.